The SMILES string of the molecule is CC1(C)C2CCC1CN(C(C)(C)C)C2. The van der Waals surface area contributed by atoms with E-state index in [4.69, 9.17) is 0 Å². The van der Waals surface area contributed by atoms with Crippen molar-refractivity contribution in [3.63, 3.8) is 0 Å². The predicted octanol–water partition coefficient (Wildman–Crippen LogP) is 3.15. The van der Waals surface area contributed by atoms with E-state index in [9.17, 15) is 0 Å². The van der Waals surface area contributed by atoms with E-state index in [1.54, 1.807) is 0 Å². The first-order valence-corrected chi connectivity index (χ1v) is 6.07. The highest BCUT2D eigenvalue weighted by atomic mass is 15.2. The second-order valence-corrected chi connectivity index (χ2v) is 6.87. The first-order chi connectivity index (χ1) is 6.32. The van der Waals surface area contributed by atoms with Gasteiger partial charge in [0.05, 0.1) is 0 Å². The van der Waals surface area contributed by atoms with Gasteiger partial charge in [-0.2, -0.15) is 0 Å². The van der Waals surface area contributed by atoms with Crippen molar-refractivity contribution < 1.29 is 0 Å². The lowest BCUT2D eigenvalue weighted by molar-refractivity contribution is -0.00122. The largest absolute Gasteiger partial charge is 0.298 e. The molecule has 14 heavy (non-hydrogen) atoms. The third-order valence-corrected chi connectivity index (χ3v) is 4.80. The van der Waals surface area contributed by atoms with Crippen LogP contribution in [0.15, 0.2) is 0 Å². The zero-order valence-corrected chi connectivity index (χ0v) is 10.4. The molecule has 0 N–H and O–H groups in total. The lowest BCUT2D eigenvalue weighted by Gasteiger charge is -2.48. The van der Waals surface area contributed by atoms with Crippen molar-refractivity contribution in [2.24, 2.45) is 17.3 Å². The molecule has 2 rings (SSSR count). The number of nitrogens with zero attached hydrogens (tertiary/aromatic N) is 1. The molecule has 1 heteroatoms. The molecule has 2 fully saturated rings. The first-order valence-electron chi connectivity index (χ1n) is 6.07. The number of fused-ring (bicyclic) bond motifs is 2. The van der Waals surface area contributed by atoms with Crippen LogP contribution >= 0.6 is 0 Å². The average molecular weight is 195 g/mol. The maximum Gasteiger partial charge on any atom is 0.0125 e. The van der Waals surface area contributed by atoms with Gasteiger partial charge in [-0.15, -0.1) is 0 Å². The summed E-state index contributed by atoms with van der Waals surface area (Å²) in [5.41, 5.74) is 0.985. The van der Waals surface area contributed by atoms with Gasteiger partial charge < -0.3 is 0 Å². The summed E-state index contributed by atoms with van der Waals surface area (Å²) < 4.78 is 0. The molecule has 0 amide bonds. The quantitative estimate of drug-likeness (QED) is 0.574. The smallest absolute Gasteiger partial charge is 0.0125 e. The molecular formula is C13H25N. The molecule has 0 aromatic carbocycles. The zero-order valence-electron chi connectivity index (χ0n) is 10.4. The molecule has 2 bridgehead atoms. The Labute approximate surface area is 88.9 Å². The molecule has 0 aromatic rings. The van der Waals surface area contributed by atoms with Crippen LogP contribution in [0.5, 0.6) is 0 Å². The molecule has 2 unspecified atom stereocenters. The van der Waals surface area contributed by atoms with Gasteiger partial charge in [0.25, 0.3) is 0 Å². The van der Waals surface area contributed by atoms with E-state index < -0.39 is 0 Å². The van der Waals surface area contributed by atoms with Crippen LogP contribution in [0, 0.1) is 17.3 Å². The van der Waals surface area contributed by atoms with Crippen molar-refractivity contribution in [2.75, 3.05) is 13.1 Å². The van der Waals surface area contributed by atoms with E-state index in [-0.39, 0.29) is 0 Å². The van der Waals surface area contributed by atoms with E-state index in [1.165, 1.54) is 25.9 Å². The van der Waals surface area contributed by atoms with Crippen molar-refractivity contribution >= 4 is 0 Å². The van der Waals surface area contributed by atoms with Crippen molar-refractivity contribution in [3.8, 4) is 0 Å². The summed E-state index contributed by atoms with van der Waals surface area (Å²) in [6.45, 7) is 14.7. The molecule has 2 atom stereocenters. The van der Waals surface area contributed by atoms with Gasteiger partial charge in [0.2, 0.25) is 0 Å². The Balaban J connectivity index is 2.14. The Bertz CT molecular complexity index is 208. The van der Waals surface area contributed by atoms with E-state index in [2.05, 4.69) is 39.5 Å². The molecule has 1 nitrogen and oxygen atoms in total. The average Bonchev–Trinajstić information content (AvgIpc) is 2.25. The van der Waals surface area contributed by atoms with Crippen molar-refractivity contribution in [1.82, 2.24) is 4.90 Å². The van der Waals surface area contributed by atoms with Crippen LogP contribution in [0.4, 0.5) is 0 Å². The summed E-state index contributed by atoms with van der Waals surface area (Å²) in [5, 5.41) is 0. The van der Waals surface area contributed by atoms with Crippen molar-refractivity contribution in [2.45, 2.75) is 53.0 Å². The number of piperidine rings is 1. The highest BCUT2D eigenvalue weighted by Gasteiger charge is 2.49. The fourth-order valence-electron chi connectivity index (χ4n) is 3.29. The Morgan fingerprint density at radius 2 is 1.43 bits per heavy atom. The maximum atomic E-state index is 2.70. The Kier molecular flexibility index (Phi) is 2.23. The van der Waals surface area contributed by atoms with Gasteiger partial charge >= 0.3 is 0 Å². The normalized spacial score (nSPS) is 37.5. The Morgan fingerprint density at radius 3 is 1.79 bits per heavy atom. The lowest BCUT2D eigenvalue weighted by atomic mass is 9.72. The van der Waals surface area contributed by atoms with Crippen molar-refractivity contribution in [3.05, 3.63) is 0 Å². The van der Waals surface area contributed by atoms with Gasteiger partial charge in [0, 0.05) is 18.6 Å². The fourth-order valence-corrected chi connectivity index (χ4v) is 3.29. The van der Waals surface area contributed by atoms with E-state index in [0.29, 0.717) is 11.0 Å². The highest BCUT2D eigenvalue weighted by Crippen LogP contribution is 2.51. The van der Waals surface area contributed by atoms with Gasteiger partial charge in [-0.3, -0.25) is 4.90 Å². The van der Waals surface area contributed by atoms with Gasteiger partial charge in [0.1, 0.15) is 0 Å². The van der Waals surface area contributed by atoms with Crippen LogP contribution in [0.1, 0.15) is 47.5 Å². The fraction of sp³-hybridized carbons (Fsp3) is 1.00. The summed E-state index contributed by atoms with van der Waals surface area (Å²) in [5.74, 6) is 1.89. The minimum atomic E-state index is 0.372. The third kappa shape index (κ3) is 1.50. The summed E-state index contributed by atoms with van der Waals surface area (Å²) >= 11 is 0. The predicted molar refractivity (Wildman–Crippen MR) is 61.3 cm³/mol. The first kappa shape index (κ1) is 10.5. The Hall–Kier alpha value is -0.0400. The number of rotatable bonds is 0. The molecule has 2 aliphatic rings. The topological polar surface area (TPSA) is 3.24 Å². The van der Waals surface area contributed by atoms with E-state index >= 15 is 0 Å². The van der Waals surface area contributed by atoms with Crippen LogP contribution in [0.2, 0.25) is 0 Å². The maximum absolute atomic E-state index is 2.70. The molecule has 1 saturated carbocycles. The second-order valence-electron chi connectivity index (χ2n) is 6.87. The Morgan fingerprint density at radius 1 is 1.00 bits per heavy atom. The number of hydrogen-bond acceptors (Lipinski definition) is 1. The summed E-state index contributed by atoms with van der Waals surface area (Å²) in [6, 6.07) is 0. The molecule has 0 radical (unpaired) electrons. The zero-order chi connectivity index (χ0) is 10.6. The third-order valence-electron chi connectivity index (χ3n) is 4.80. The van der Waals surface area contributed by atoms with E-state index in [0.717, 1.165) is 11.8 Å². The van der Waals surface area contributed by atoms with Crippen LogP contribution in [0.25, 0.3) is 0 Å². The standard InChI is InChI=1S/C13H25N/c1-12(2,3)14-8-10-6-7-11(9-14)13(10,4)5/h10-11H,6-9H2,1-5H3. The van der Waals surface area contributed by atoms with Gasteiger partial charge in [-0.25, -0.2) is 0 Å². The number of hydrogen-bond donors (Lipinski definition) is 0. The number of likely N-dealkylation sites (tertiary alicyclic amines) is 1. The van der Waals surface area contributed by atoms with Crippen LogP contribution in [-0.4, -0.2) is 23.5 Å². The molecule has 1 aliphatic carbocycles. The van der Waals surface area contributed by atoms with Gasteiger partial charge in [-0.05, 0) is 50.9 Å². The molecule has 1 heterocycles. The van der Waals surface area contributed by atoms with E-state index in [1.807, 2.05) is 0 Å². The van der Waals surface area contributed by atoms with Gasteiger partial charge in [0.15, 0.2) is 0 Å². The second kappa shape index (κ2) is 2.98. The molecule has 1 saturated heterocycles. The van der Waals surface area contributed by atoms with Crippen LogP contribution < -0.4 is 0 Å². The highest BCUT2D eigenvalue weighted by molar-refractivity contribution is 5.00. The monoisotopic (exact) mass is 195 g/mol. The van der Waals surface area contributed by atoms with Gasteiger partial charge in [-0.1, -0.05) is 13.8 Å². The van der Waals surface area contributed by atoms with Crippen LogP contribution in [0.3, 0.4) is 0 Å². The van der Waals surface area contributed by atoms with Crippen LogP contribution in [-0.2, 0) is 0 Å². The molecule has 0 spiro atoms. The minimum absolute atomic E-state index is 0.372. The molecule has 1 aliphatic heterocycles. The minimum Gasteiger partial charge on any atom is -0.298 e. The summed E-state index contributed by atoms with van der Waals surface area (Å²) in [6.07, 6.45) is 2.93. The van der Waals surface area contributed by atoms with Crippen molar-refractivity contribution in [1.29, 1.82) is 0 Å². The molecule has 82 valence electrons. The summed E-state index contributed by atoms with van der Waals surface area (Å²) in [4.78, 5) is 2.70. The summed E-state index contributed by atoms with van der Waals surface area (Å²) in [7, 11) is 0. The molecular weight excluding hydrogens is 170 g/mol. The lowest BCUT2D eigenvalue weighted by Crippen LogP contribution is -2.53. The molecule has 0 aromatic heterocycles.